The number of nitrogens with zero attached hydrogens (tertiary/aromatic N) is 2. The first-order valence-corrected chi connectivity index (χ1v) is 14.8. The van der Waals surface area contributed by atoms with E-state index in [1.165, 1.54) is 36.4 Å². The Morgan fingerprint density at radius 1 is 0.932 bits per heavy atom. The number of ether oxygens (including phenoxy) is 2. The number of fused-ring (bicyclic) bond motifs is 1. The van der Waals surface area contributed by atoms with Crippen LogP contribution in [0.3, 0.4) is 0 Å². The van der Waals surface area contributed by atoms with Crippen molar-refractivity contribution in [3.05, 3.63) is 114 Å². The van der Waals surface area contributed by atoms with Crippen LogP contribution < -0.4 is 19.5 Å². The maximum absolute atomic E-state index is 14.0. The molecule has 13 heteroatoms. The van der Waals surface area contributed by atoms with Crippen LogP contribution in [-0.2, 0) is 27.8 Å². The minimum atomic E-state index is -4.84. The highest BCUT2D eigenvalue weighted by Gasteiger charge is 2.37. The lowest BCUT2D eigenvalue weighted by Crippen LogP contribution is -2.48. The van der Waals surface area contributed by atoms with Crippen LogP contribution in [0, 0.1) is 6.92 Å². The number of sulfonamides is 1. The number of carbonyl (C=O) groups excluding carboxylic acids is 1. The van der Waals surface area contributed by atoms with Gasteiger partial charge in [0.2, 0.25) is 0 Å². The van der Waals surface area contributed by atoms with E-state index < -0.39 is 34.1 Å². The molecule has 1 amide bonds. The second-order valence-corrected chi connectivity index (χ2v) is 11.7. The van der Waals surface area contributed by atoms with Crippen molar-refractivity contribution in [1.82, 2.24) is 10.2 Å². The number of hydrogen-bond acceptors (Lipinski definition) is 7. The fourth-order valence-corrected chi connectivity index (χ4v) is 5.91. The Hall–Kier alpha value is -4.88. The quantitative estimate of drug-likeness (QED) is 0.206. The summed E-state index contributed by atoms with van der Waals surface area (Å²) in [7, 11) is -4.48. The first kappa shape index (κ1) is 30.6. The predicted molar refractivity (Wildman–Crippen MR) is 158 cm³/mol. The summed E-state index contributed by atoms with van der Waals surface area (Å²) in [6.07, 6.45) is -4.76. The van der Waals surface area contributed by atoms with Gasteiger partial charge in [-0.3, -0.25) is 9.89 Å². The van der Waals surface area contributed by atoms with Crippen molar-refractivity contribution >= 4 is 32.7 Å². The number of amides is 1. The van der Waals surface area contributed by atoms with Crippen molar-refractivity contribution < 1.29 is 35.9 Å². The molecule has 0 aliphatic heterocycles. The van der Waals surface area contributed by atoms with Gasteiger partial charge in [0.1, 0.15) is 18.1 Å². The Kier molecular flexibility index (Phi) is 8.61. The largest absolute Gasteiger partial charge is 0.573 e. The molecular formula is C31H27F3N4O5S. The summed E-state index contributed by atoms with van der Waals surface area (Å²) in [6, 6.07) is 23.7. The zero-order valence-corrected chi connectivity index (χ0v) is 24.1. The maximum Gasteiger partial charge on any atom is 0.573 e. The van der Waals surface area contributed by atoms with Crippen molar-refractivity contribution in [3.63, 3.8) is 0 Å². The molecule has 5 rings (SSSR count). The summed E-state index contributed by atoms with van der Waals surface area (Å²) in [5, 5.41) is 7.18. The molecule has 0 unspecified atom stereocenters. The van der Waals surface area contributed by atoms with Crippen LogP contribution in [0.15, 0.2) is 102 Å². The van der Waals surface area contributed by atoms with Gasteiger partial charge in [-0.05, 0) is 66.9 Å². The molecule has 0 bridgehead atoms. The number of aromatic nitrogens is 2. The van der Waals surface area contributed by atoms with Crippen molar-refractivity contribution in [2.24, 2.45) is 5.73 Å². The van der Waals surface area contributed by atoms with Crippen LogP contribution in [0.4, 0.5) is 19.0 Å². The van der Waals surface area contributed by atoms with Gasteiger partial charge in [-0.1, -0.05) is 60.2 Å². The smallest absolute Gasteiger partial charge is 0.489 e. The standard InChI is InChI=1S/C31H27F3N4O5S/c1-20-10-13-25(14-11-20)44(40,41)38(30(39)27(35)17-21-6-3-2-4-7-21)29-26-18-23(12-15-28(26)36-37-29)42-19-22-8-5-9-24(16-22)43-31(32,33)34/h2-16,18,27H,17,19,35H2,1H3,(H,36,37)/t27-/m0/s1. The van der Waals surface area contributed by atoms with E-state index in [1.54, 1.807) is 61.5 Å². The van der Waals surface area contributed by atoms with Crippen molar-refractivity contribution in [1.29, 1.82) is 0 Å². The van der Waals surface area contributed by atoms with Gasteiger partial charge in [0, 0.05) is 5.39 Å². The maximum atomic E-state index is 14.0. The monoisotopic (exact) mass is 624 g/mol. The molecule has 4 aromatic carbocycles. The van der Waals surface area contributed by atoms with Crippen molar-refractivity contribution in [2.45, 2.75) is 37.3 Å². The third-order valence-corrected chi connectivity index (χ3v) is 8.32. The number of hydrogen-bond donors (Lipinski definition) is 2. The van der Waals surface area contributed by atoms with Gasteiger partial charge in [0.05, 0.1) is 16.5 Å². The average Bonchev–Trinajstić information content (AvgIpc) is 3.38. The Morgan fingerprint density at radius 3 is 2.34 bits per heavy atom. The van der Waals surface area contributed by atoms with Crippen LogP contribution in [0.1, 0.15) is 16.7 Å². The van der Waals surface area contributed by atoms with E-state index in [9.17, 15) is 26.4 Å². The third-order valence-electron chi connectivity index (χ3n) is 6.62. The van der Waals surface area contributed by atoms with Crippen LogP contribution in [0.2, 0.25) is 0 Å². The number of aryl methyl sites for hydroxylation is 1. The minimum Gasteiger partial charge on any atom is -0.489 e. The van der Waals surface area contributed by atoms with E-state index in [4.69, 9.17) is 10.5 Å². The Balaban J connectivity index is 1.49. The van der Waals surface area contributed by atoms with Crippen LogP contribution in [0.5, 0.6) is 11.5 Å². The molecule has 5 aromatic rings. The van der Waals surface area contributed by atoms with E-state index in [-0.39, 0.29) is 34.9 Å². The van der Waals surface area contributed by atoms with Crippen LogP contribution in [0.25, 0.3) is 10.9 Å². The normalized spacial score (nSPS) is 12.6. The summed E-state index contributed by atoms with van der Waals surface area (Å²) in [4.78, 5) is 13.7. The molecule has 0 saturated carbocycles. The third kappa shape index (κ3) is 7.01. The lowest BCUT2D eigenvalue weighted by atomic mass is 10.1. The first-order chi connectivity index (χ1) is 20.9. The van der Waals surface area contributed by atoms with Gasteiger partial charge in [0.15, 0.2) is 5.82 Å². The van der Waals surface area contributed by atoms with Gasteiger partial charge in [-0.2, -0.15) is 9.40 Å². The summed E-state index contributed by atoms with van der Waals surface area (Å²) < 4.78 is 76.2. The van der Waals surface area contributed by atoms with Gasteiger partial charge in [-0.15, -0.1) is 13.2 Å². The summed E-state index contributed by atoms with van der Waals surface area (Å²) in [5.41, 5.74) is 8.66. The number of carbonyl (C=O) groups is 1. The van der Waals surface area contributed by atoms with Gasteiger partial charge in [-0.25, -0.2) is 8.42 Å². The van der Waals surface area contributed by atoms with E-state index >= 15 is 0 Å². The molecule has 0 fully saturated rings. The molecule has 0 aliphatic carbocycles. The van der Waals surface area contributed by atoms with Gasteiger partial charge in [0.25, 0.3) is 15.9 Å². The number of nitrogens with two attached hydrogens (primary N) is 1. The molecule has 3 N–H and O–H groups in total. The minimum absolute atomic E-state index is 0.0768. The molecule has 228 valence electrons. The predicted octanol–water partition coefficient (Wildman–Crippen LogP) is 5.64. The number of H-pyrrole nitrogens is 1. The van der Waals surface area contributed by atoms with Gasteiger partial charge < -0.3 is 15.2 Å². The van der Waals surface area contributed by atoms with E-state index in [0.29, 0.717) is 15.4 Å². The molecule has 0 aliphatic rings. The Morgan fingerprint density at radius 2 is 1.64 bits per heavy atom. The van der Waals surface area contributed by atoms with E-state index in [0.717, 1.165) is 11.1 Å². The summed E-state index contributed by atoms with van der Waals surface area (Å²) in [6.45, 7) is 1.68. The average molecular weight is 625 g/mol. The fourth-order valence-electron chi connectivity index (χ4n) is 4.48. The molecule has 1 heterocycles. The zero-order chi connectivity index (χ0) is 31.5. The number of alkyl halides is 3. The second kappa shape index (κ2) is 12.4. The Bertz CT molecular complexity index is 1880. The Labute approximate surface area is 251 Å². The highest BCUT2D eigenvalue weighted by Crippen LogP contribution is 2.33. The highest BCUT2D eigenvalue weighted by molar-refractivity contribution is 7.93. The summed E-state index contributed by atoms with van der Waals surface area (Å²) >= 11 is 0. The first-order valence-electron chi connectivity index (χ1n) is 13.3. The number of halogens is 3. The molecular weight excluding hydrogens is 597 g/mol. The zero-order valence-electron chi connectivity index (χ0n) is 23.3. The number of nitrogens with one attached hydrogen (secondary N) is 1. The molecule has 1 aromatic heterocycles. The van der Waals surface area contributed by atoms with Crippen molar-refractivity contribution in [3.8, 4) is 11.5 Å². The van der Waals surface area contributed by atoms with Crippen LogP contribution >= 0.6 is 0 Å². The molecule has 0 radical (unpaired) electrons. The number of rotatable bonds is 10. The highest BCUT2D eigenvalue weighted by atomic mass is 32.2. The lowest BCUT2D eigenvalue weighted by Gasteiger charge is -2.24. The fraction of sp³-hybridized carbons (Fsp3) is 0.161. The lowest BCUT2D eigenvalue weighted by molar-refractivity contribution is -0.274. The van der Waals surface area contributed by atoms with E-state index in [2.05, 4.69) is 14.9 Å². The second-order valence-electron chi connectivity index (χ2n) is 9.96. The molecule has 0 saturated heterocycles. The number of anilines is 1. The topological polar surface area (TPSA) is 128 Å². The van der Waals surface area contributed by atoms with E-state index in [1.807, 2.05) is 6.07 Å². The molecule has 44 heavy (non-hydrogen) atoms. The molecule has 9 nitrogen and oxygen atoms in total. The SMILES string of the molecule is Cc1ccc(S(=O)(=O)N(C(=O)[C@@H](N)Cc2ccccc2)c2n[nH]c3ccc(OCc4cccc(OC(F)(F)F)c4)cc23)cc1. The summed E-state index contributed by atoms with van der Waals surface area (Å²) in [5.74, 6) is -1.25. The molecule has 1 atom stereocenters. The van der Waals surface area contributed by atoms with Crippen molar-refractivity contribution in [2.75, 3.05) is 4.31 Å². The number of benzene rings is 4. The molecule has 0 spiro atoms. The van der Waals surface area contributed by atoms with Gasteiger partial charge >= 0.3 is 6.36 Å². The number of aromatic amines is 1. The van der Waals surface area contributed by atoms with Crippen LogP contribution in [-0.4, -0.2) is 36.9 Å².